The van der Waals surface area contributed by atoms with Crippen molar-refractivity contribution in [2.45, 2.75) is 38.3 Å². The summed E-state index contributed by atoms with van der Waals surface area (Å²) in [4.78, 5) is 12.7. The highest BCUT2D eigenvalue weighted by atomic mass is 32.2. The van der Waals surface area contributed by atoms with Crippen LogP contribution in [0, 0.1) is 0 Å². The Morgan fingerprint density at radius 2 is 1.92 bits per heavy atom. The maximum absolute atomic E-state index is 12.7. The van der Waals surface area contributed by atoms with E-state index in [1.54, 1.807) is 6.21 Å². The summed E-state index contributed by atoms with van der Waals surface area (Å²) >= 11 is 1.33. The van der Waals surface area contributed by atoms with Crippen molar-refractivity contribution in [3.05, 3.63) is 45.9 Å². The fourth-order valence-electron chi connectivity index (χ4n) is 2.01. The van der Waals surface area contributed by atoms with Crippen LogP contribution in [-0.4, -0.2) is 34.0 Å². The second-order valence-electron chi connectivity index (χ2n) is 6.15. The third-order valence-corrected chi connectivity index (χ3v) is 3.84. The van der Waals surface area contributed by atoms with Gasteiger partial charge in [-0.2, -0.15) is 9.78 Å². The summed E-state index contributed by atoms with van der Waals surface area (Å²) in [7, 11) is 0. The first-order valence-corrected chi connectivity index (χ1v) is 8.90. The average molecular weight is 346 g/mol. The van der Waals surface area contributed by atoms with Gasteiger partial charge in [0.1, 0.15) is 11.4 Å². The molecule has 0 atom stereocenters. The van der Waals surface area contributed by atoms with E-state index in [9.17, 15) is 4.79 Å². The zero-order chi connectivity index (χ0) is 17.7. The predicted octanol–water partition coefficient (Wildman–Crippen LogP) is 2.94. The van der Waals surface area contributed by atoms with Gasteiger partial charge >= 0.3 is 0 Å². The standard InChI is InChI=1S/C17H22N4O2S/c1-6-23-13-9-7-12(8-10-13)11-18-21-15(22)14(17(2,3)4)19-20-16(21)24-5/h7-11H,6H2,1-5H3. The van der Waals surface area contributed by atoms with E-state index in [-0.39, 0.29) is 5.56 Å². The lowest BCUT2D eigenvalue weighted by Gasteiger charge is -2.16. The van der Waals surface area contributed by atoms with E-state index in [0.717, 1.165) is 11.3 Å². The van der Waals surface area contributed by atoms with Crippen molar-refractivity contribution < 1.29 is 4.74 Å². The molecule has 0 aliphatic heterocycles. The number of thioether (sulfide) groups is 1. The van der Waals surface area contributed by atoms with Crippen LogP contribution >= 0.6 is 11.8 Å². The van der Waals surface area contributed by atoms with Crippen molar-refractivity contribution in [1.82, 2.24) is 14.9 Å². The summed E-state index contributed by atoms with van der Waals surface area (Å²) in [5, 5.41) is 13.0. The highest BCUT2D eigenvalue weighted by Crippen LogP contribution is 2.17. The van der Waals surface area contributed by atoms with Crippen LogP contribution < -0.4 is 10.3 Å². The van der Waals surface area contributed by atoms with Gasteiger partial charge < -0.3 is 4.74 Å². The van der Waals surface area contributed by atoms with Crippen LogP contribution in [0.1, 0.15) is 39.0 Å². The molecule has 1 aromatic heterocycles. The van der Waals surface area contributed by atoms with Gasteiger partial charge in [0, 0.05) is 5.41 Å². The normalized spacial score (nSPS) is 11.9. The molecule has 0 saturated carbocycles. The molecule has 0 spiro atoms. The Balaban J connectivity index is 2.39. The summed E-state index contributed by atoms with van der Waals surface area (Å²) < 4.78 is 6.71. The van der Waals surface area contributed by atoms with Crippen molar-refractivity contribution >= 4 is 18.0 Å². The van der Waals surface area contributed by atoms with Gasteiger partial charge in [0.25, 0.3) is 5.56 Å². The monoisotopic (exact) mass is 346 g/mol. The molecular formula is C17H22N4O2S. The molecule has 0 fully saturated rings. The lowest BCUT2D eigenvalue weighted by atomic mass is 9.93. The third kappa shape index (κ3) is 4.23. The quantitative estimate of drug-likeness (QED) is 0.615. The van der Waals surface area contributed by atoms with Crippen molar-refractivity contribution in [2.24, 2.45) is 5.10 Å². The minimum absolute atomic E-state index is 0.246. The SMILES string of the molecule is CCOc1ccc(C=Nn2c(SC)nnc(C(C)(C)C)c2=O)cc1. The Hall–Kier alpha value is -2.15. The largest absolute Gasteiger partial charge is 0.494 e. The zero-order valence-corrected chi connectivity index (χ0v) is 15.4. The topological polar surface area (TPSA) is 69.4 Å². The molecule has 0 amide bonds. The van der Waals surface area contributed by atoms with E-state index in [1.165, 1.54) is 16.4 Å². The molecule has 24 heavy (non-hydrogen) atoms. The molecule has 0 bridgehead atoms. The van der Waals surface area contributed by atoms with Gasteiger partial charge in [0.05, 0.1) is 12.8 Å². The second-order valence-corrected chi connectivity index (χ2v) is 6.92. The number of ether oxygens (including phenoxy) is 1. The summed E-state index contributed by atoms with van der Waals surface area (Å²) in [5.74, 6) is 0.803. The molecule has 6 nitrogen and oxygen atoms in total. The van der Waals surface area contributed by atoms with Crippen LogP contribution in [0.25, 0.3) is 0 Å². The lowest BCUT2D eigenvalue weighted by Crippen LogP contribution is -2.32. The molecule has 0 unspecified atom stereocenters. The number of nitrogens with zero attached hydrogens (tertiary/aromatic N) is 4. The Morgan fingerprint density at radius 1 is 1.25 bits per heavy atom. The highest BCUT2D eigenvalue weighted by Gasteiger charge is 2.23. The molecule has 0 N–H and O–H groups in total. The molecule has 7 heteroatoms. The molecule has 1 heterocycles. The van der Waals surface area contributed by atoms with Gasteiger partial charge in [-0.15, -0.1) is 10.2 Å². The van der Waals surface area contributed by atoms with Crippen LogP contribution in [-0.2, 0) is 5.41 Å². The minimum Gasteiger partial charge on any atom is -0.494 e. The van der Waals surface area contributed by atoms with Gasteiger partial charge in [0.15, 0.2) is 0 Å². The predicted molar refractivity (Wildman–Crippen MR) is 97.4 cm³/mol. The zero-order valence-electron chi connectivity index (χ0n) is 14.6. The Morgan fingerprint density at radius 3 is 2.46 bits per heavy atom. The van der Waals surface area contributed by atoms with E-state index >= 15 is 0 Å². The summed E-state index contributed by atoms with van der Waals surface area (Å²) in [6, 6.07) is 7.51. The van der Waals surface area contributed by atoms with E-state index in [4.69, 9.17) is 4.74 Å². The van der Waals surface area contributed by atoms with Gasteiger partial charge in [-0.3, -0.25) is 4.79 Å². The average Bonchev–Trinajstić information content (AvgIpc) is 2.54. The van der Waals surface area contributed by atoms with Gasteiger partial charge in [-0.25, -0.2) is 0 Å². The number of aromatic nitrogens is 3. The van der Waals surface area contributed by atoms with E-state index < -0.39 is 5.41 Å². The number of rotatable bonds is 5. The number of hydrogen-bond acceptors (Lipinski definition) is 6. The first-order chi connectivity index (χ1) is 11.4. The molecule has 2 rings (SSSR count). The minimum atomic E-state index is -0.391. The van der Waals surface area contributed by atoms with E-state index in [1.807, 2.05) is 58.2 Å². The maximum atomic E-state index is 12.7. The van der Waals surface area contributed by atoms with Gasteiger partial charge in [-0.1, -0.05) is 32.5 Å². The van der Waals surface area contributed by atoms with Crippen molar-refractivity contribution in [2.75, 3.05) is 12.9 Å². The summed E-state index contributed by atoms with van der Waals surface area (Å²) in [6.07, 6.45) is 3.47. The molecule has 1 aromatic carbocycles. The van der Waals surface area contributed by atoms with Crippen molar-refractivity contribution in [1.29, 1.82) is 0 Å². The number of benzene rings is 1. The molecule has 0 saturated heterocycles. The fraction of sp³-hybridized carbons (Fsp3) is 0.412. The van der Waals surface area contributed by atoms with Crippen LogP contribution in [0.3, 0.4) is 0 Å². The van der Waals surface area contributed by atoms with Crippen LogP contribution in [0.5, 0.6) is 5.75 Å². The molecule has 0 aliphatic rings. The van der Waals surface area contributed by atoms with Crippen molar-refractivity contribution in [3.63, 3.8) is 0 Å². The second kappa shape index (κ2) is 7.61. The smallest absolute Gasteiger partial charge is 0.297 e. The Bertz CT molecular complexity index is 777. The fourth-order valence-corrected chi connectivity index (χ4v) is 2.43. The van der Waals surface area contributed by atoms with Gasteiger partial charge in [0.2, 0.25) is 5.16 Å². The Kier molecular flexibility index (Phi) is 5.77. The first-order valence-electron chi connectivity index (χ1n) is 7.68. The van der Waals surface area contributed by atoms with Crippen LogP contribution in [0.15, 0.2) is 39.3 Å². The van der Waals surface area contributed by atoms with Gasteiger partial charge in [-0.05, 0) is 43.0 Å². The van der Waals surface area contributed by atoms with Crippen molar-refractivity contribution in [3.8, 4) is 5.75 Å². The molecule has 2 aromatic rings. The molecular weight excluding hydrogens is 324 g/mol. The molecule has 128 valence electrons. The molecule has 0 aliphatic carbocycles. The lowest BCUT2D eigenvalue weighted by molar-refractivity contribution is 0.340. The highest BCUT2D eigenvalue weighted by molar-refractivity contribution is 7.98. The van der Waals surface area contributed by atoms with Crippen LogP contribution in [0.2, 0.25) is 0 Å². The van der Waals surface area contributed by atoms with E-state index in [2.05, 4.69) is 15.3 Å². The number of hydrogen-bond donors (Lipinski definition) is 0. The maximum Gasteiger partial charge on any atom is 0.297 e. The molecule has 0 radical (unpaired) electrons. The Labute approximate surface area is 146 Å². The summed E-state index contributed by atoms with van der Waals surface area (Å²) in [6.45, 7) is 8.35. The third-order valence-electron chi connectivity index (χ3n) is 3.22. The summed E-state index contributed by atoms with van der Waals surface area (Å²) in [5.41, 5.74) is 0.622. The van der Waals surface area contributed by atoms with E-state index in [0.29, 0.717) is 17.5 Å². The first kappa shape index (κ1) is 18.2. The van der Waals surface area contributed by atoms with Crippen LogP contribution in [0.4, 0.5) is 0 Å².